The van der Waals surface area contributed by atoms with Gasteiger partial charge in [0, 0.05) is 6.04 Å². The topological polar surface area (TPSA) is 32.3 Å². The van der Waals surface area contributed by atoms with Gasteiger partial charge in [0.05, 0.1) is 6.10 Å². The molecule has 114 valence electrons. The van der Waals surface area contributed by atoms with Crippen LogP contribution in [0.4, 0.5) is 0 Å². The molecule has 1 saturated carbocycles. The van der Waals surface area contributed by atoms with Gasteiger partial charge in [0.1, 0.15) is 0 Å². The van der Waals surface area contributed by atoms with E-state index in [0.717, 1.165) is 25.4 Å². The smallest absolute Gasteiger partial charge is 0.0512 e. The third-order valence-corrected chi connectivity index (χ3v) is 4.34. The van der Waals surface area contributed by atoms with Gasteiger partial charge in [-0.3, -0.25) is 0 Å². The molecule has 0 radical (unpaired) electrons. The van der Waals surface area contributed by atoms with Gasteiger partial charge >= 0.3 is 0 Å². The lowest BCUT2D eigenvalue weighted by atomic mass is 9.98. The highest BCUT2D eigenvalue weighted by molar-refractivity contribution is 4.68. The first kappa shape index (κ1) is 17.0. The summed E-state index contributed by atoms with van der Waals surface area (Å²) in [7, 11) is 0. The minimum atomic E-state index is -0.141. The zero-order valence-corrected chi connectivity index (χ0v) is 13.0. The maximum absolute atomic E-state index is 9.27. The van der Waals surface area contributed by atoms with Crippen molar-refractivity contribution in [2.24, 2.45) is 0 Å². The van der Waals surface area contributed by atoms with Crippen molar-refractivity contribution in [2.45, 2.75) is 103 Å². The molecule has 1 fully saturated rings. The molecule has 0 saturated heterocycles. The highest BCUT2D eigenvalue weighted by Gasteiger charge is 2.08. The number of rotatable bonds is 5. The zero-order chi connectivity index (χ0) is 13.8. The van der Waals surface area contributed by atoms with Gasteiger partial charge in [-0.15, -0.1) is 0 Å². The third kappa shape index (κ3) is 10.4. The molecule has 19 heavy (non-hydrogen) atoms. The number of nitrogens with one attached hydrogen (secondary N) is 1. The summed E-state index contributed by atoms with van der Waals surface area (Å²) in [6, 6.07) is 0.730. The Morgan fingerprint density at radius 1 is 0.895 bits per heavy atom. The quantitative estimate of drug-likeness (QED) is 0.725. The number of aliphatic hydroxyl groups is 1. The molecule has 1 unspecified atom stereocenters. The molecular formula is C17H35NO. The van der Waals surface area contributed by atoms with Gasteiger partial charge in [-0.1, -0.05) is 57.8 Å². The van der Waals surface area contributed by atoms with Crippen molar-refractivity contribution in [1.29, 1.82) is 0 Å². The van der Waals surface area contributed by atoms with Crippen molar-refractivity contribution in [3.63, 3.8) is 0 Å². The molecule has 0 aromatic rings. The highest BCUT2D eigenvalue weighted by Crippen LogP contribution is 2.17. The highest BCUT2D eigenvalue weighted by atomic mass is 16.3. The van der Waals surface area contributed by atoms with E-state index >= 15 is 0 Å². The second-order valence-electron chi connectivity index (χ2n) is 6.40. The Labute approximate surface area is 120 Å². The summed E-state index contributed by atoms with van der Waals surface area (Å²) in [5, 5.41) is 13.0. The number of aliphatic hydroxyl groups excluding tert-OH is 1. The van der Waals surface area contributed by atoms with E-state index in [2.05, 4.69) is 5.32 Å². The second kappa shape index (κ2) is 11.7. The van der Waals surface area contributed by atoms with Crippen LogP contribution in [0.2, 0.25) is 0 Å². The van der Waals surface area contributed by atoms with Gasteiger partial charge in [0.25, 0.3) is 0 Å². The summed E-state index contributed by atoms with van der Waals surface area (Å²) in [4.78, 5) is 0. The molecule has 0 aromatic heterocycles. The van der Waals surface area contributed by atoms with Gasteiger partial charge in [-0.2, -0.15) is 0 Å². The molecule has 0 spiro atoms. The lowest BCUT2D eigenvalue weighted by Crippen LogP contribution is -2.30. The van der Waals surface area contributed by atoms with E-state index in [1.807, 2.05) is 6.92 Å². The predicted octanol–water partition coefficient (Wildman–Crippen LogP) is 4.41. The largest absolute Gasteiger partial charge is 0.393 e. The fourth-order valence-electron chi connectivity index (χ4n) is 3.07. The Hall–Kier alpha value is -0.0800. The van der Waals surface area contributed by atoms with Gasteiger partial charge in [0.2, 0.25) is 0 Å². The van der Waals surface area contributed by atoms with Crippen LogP contribution >= 0.6 is 0 Å². The van der Waals surface area contributed by atoms with Crippen LogP contribution in [-0.2, 0) is 0 Å². The lowest BCUT2D eigenvalue weighted by Gasteiger charge is -2.19. The molecule has 0 heterocycles. The van der Waals surface area contributed by atoms with Crippen molar-refractivity contribution in [3.8, 4) is 0 Å². The van der Waals surface area contributed by atoms with Crippen molar-refractivity contribution >= 4 is 0 Å². The maximum Gasteiger partial charge on any atom is 0.0512 e. The minimum Gasteiger partial charge on any atom is -0.393 e. The van der Waals surface area contributed by atoms with Crippen LogP contribution in [0.5, 0.6) is 0 Å². The Bertz CT molecular complexity index is 182. The first-order valence-corrected chi connectivity index (χ1v) is 8.70. The van der Waals surface area contributed by atoms with E-state index in [0.29, 0.717) is 0 Å². The Kier molecular flexibility index (Phi) is 10.5. The average Bonchev–Trinajstić information content (AvgIpc) is 2.36. The molecular weight excluding hydrogens is 234 g/mol. The molecule has 1 aliphatic carbocycles. The van der Waals surface area contributed by atoms with E-state index in [1.54, 1.807) is 0 Å². The van der Waals surface area contributed by atoms with E-state index in [-0.39, 0.29) is 6.10 Å². The van der Waals surface area contributed by atoms with E-state index < -0.39 is 0 Å². The van der Waals surface area contributed by atoms with Crippen molar-refractivity contribution in [2.75, 3.05) is 6.54 Å². The van der Waals surface area contributed by atoms with E-state index in [4.69, 9.17) is 0 Å². The van der Waals surface area contributed by atoms with Crippen LogP contribution in [0.3, 0.4) is 0 Å². The Morgan fingerprint density at radius 2 is 1.37 bits per heavy atom. The number of hydrogen-bond donors (Lipinski definition) is 2. The van der Waals surface area contributed by atoms with Crippen LogP contribution in [0.1, 0.15) is 90.4 Å². The molecule has 1 rings (SSSR count). The van der Waals surface area contributed by atoms with Crippen molar-refractivity contribution in [3.05, 3.63) is 0 Å². The first-order chi connectivity index (χ1) is 9.29. The minimum absolute atomic E-state index is 0.141. The van der Waals surface area contributed by atoms with Gasteiger partial charge in [0.15, 0.2) is 0 Å². The van der Waals surface area contributed by atoms with Crippen molar-refractivity contribution in [1.82, 2.24) is 5.32 Å². The molecule has 0 aromatic carbocycles. The van der Waals surface area contributed by atoms with Crippen LogP contribution < -0.4 is 5.32 Å². The van der Waals surface area contributed by atoms with E-state index in [9.17, 15) is 5.11 Å². The second-order valence-corrected chi connectivity index (χ2v) is 6.40. The summed E-state index contributed by atoms with van der Waals surface area (Å²) < 4.78 is 0. The molecule has 2 heteroatoms. The summed E-state index contributed by atoms with van der Waals surface area (Å²) in [5.41, 5.74) is 0. The van der Waals surface area contributed by atoms with Crippen LogP contribution in [0.25, 0.3) is 0 Å². The fraction of sp³-hybridized carbons (Fsp3) is 1.00. The summed E-state index contributed by atoms with van der Waals surface area (Å²) >= 11 is 0. The molecule has 2 nitrogen and oxygen atoms in total. The predicted molar refractivity (Wildman–Crippen MR) is 83.5 cm³/mol. The van der Waals surface area contributed by atoms with E-state index in [1.165, 1.54) is 70.6 Å². The summed E-state index contributed by atoms with van der Waals surface area (Å²) in [6.07, 6.45) is 17.5. The Balaban J connectivity index is 2.15. The third-order valence-electron chi connectivity index (χ3n) is 4.34. The maximum atomic E-state index is 9.27. The van der Waals surface area contributed by atoms with Gasteiger partial charge in [-0.05, 0) is 39.2 Å². The average molecular weight is 269 g/mol. The SMILES string of the molecule is CC(O)CCCNC1CCCCCCCCCCC1. The van der Waals surface area contributed by atoms with Crippen LogP contribution in [-0.4, -0.2) is 23.8 Å². The normalized spacial score (nSPS) is 22.4. The molecule has 1 aliphatic rings. The molecule has 2 N–H and O–H groups in total. The molecule has 1 atom stereocenters. The Morgan fingerprint density at radius 3 is 1.84 bits per heavy atom. The standard InChI is InChI=1S/C17H35NO/c1-16(19)12-11-15-18-17-13-9-7-5-3-2-4-6-8-10-14-17/h16-19H,2-15H2,1H3. The monoisotopic (exact) mass is 269 g/mol. The summed E-state index contributed by atoms with van der Waals surface area (Å²) in [6.45, 7) is 2.96. The number of hydrogen-bond acceptors (Lipinski definition) is 2. The molecule has 0 amide bonds. The van der Waals surface area contributed by atoms with Crippen molar-refractivity contribution < 1.29 is 5.11 Å². The first-order valence-electron chi connectivity index (χ1n) is 8.70. The summed E-state index contributed by atoms with van der Waals surface area (Å²) in [5.74, 6) is 0. The van der Waals surface area contributed by atoms with Gasteiger partial charge < -0.3 is 10.4 Å². The van der Waals surface area contributed by atoms with Gasteiger partial charge in [-0.25, -0.2) is 0 Å². The lowest BCUT2D eigenvalue weighted by molar-refractivity contribution is 0.180. The van der Waals surface area contributed by atoms with Crippen LogP contribution in [0, 0.1) is 0 Å². The fourth-order valence-corrected chi connectivity index (χ4v) is 3.07. The molecule has 0 aliphatic heterocycles. The van der Waals surface area contributed by atoms with Crippen LogP contribution in [0.15, 0.2) is 0 Å². The molecule has 0 bridgehead atoms. The zero-order valence-electron chi connectivity index (χ0n) is 13.0.